The first kappa shape index (κ1) is 13.5. The maximum absolute atomic E-state index is 13.5. The fourth-order valence-corrected chi connectivity index (χ4v) is 1.84. The van der Waals surface area contributed by atoms with Crippen molar-refractivity contribution in [3.05, 3.63) is 51.9 Å². The molecule has 1 amide bonds. The highest BCUT2D eigenvalue weighted by Crippen LogP contribution is 2.22. The molecule has 2 aromatic rings. The Morgan fingerprint density at radius 2 is 2.11 bits per heavy atom. The van der Waals surface area contributed by atoms with Crippen LogP contribution in [0.2, 0.25) is 0 Å². The van der Waals surface area contributed by atoms with Gasteiger partial charge in [0.25, 0.3) is 5.91 Å². The van der Waals surface area contributed by atoms with Gasteiger partial charge in [-0.25, -0.2) is 8.78 Å². The van der Waals surface area contributed by atoms with E-state index in [0.717, 1.165) is 10.5 Å². The minimum Gasteiger partial charge on any atom is -0.466 e. The summed E-state index contributed by atoms with van der Waals surface area (Å²) in [6.45, 7) is 0.175. The largest absolute Gasteiger partial charge is 0.466 e. The zero-order valence-corrected chi connectivity index (χ0v) is 11.1. The van der Waals surface area contributed by atoms with Gasteiger partial charge >= 0.3 is 0 Å². The van der Waals surface area contributed by atoms with Gasteiger partial charge in [0, 0.05) is 6.07 Å². The zero-order chi connectivity index (χ0) is 14.0. The fraction of sp³-hybridized carbons (Fsp3) is 0.0833. The van der Waals surface area contributed by atoms with E-state index in [-0.39, 0.29) is 17.8 Å². The van der Waals surface area contributed by atoms with Gasteiger partial charge in [-0.1, -0.05) is 0 Å². The Morgan fingerprint density at radius 3 is 2.68 bits per heavy atom. The summed E-state index contributed by atoms with van der Waals surface area (Å²) in [7, 11) is 0. The molecule has 1 heterocycles. The number of hydrogen-bond acceptors (Lipinski definition) is 3. The Hall–Kier alpha value is -1.89. The van der Waals surface area contributed by atoms with Crippen molar-refractivity contribution in [1.82, 2.24) is 0 Å². The summed E-state index contributed by atoms with van der Waals surface area (Å²) in [6, 6.07) is 3.33. The number of furan rings is 1. The third-order valence-corrected chi connectivity index (χ3v) is 3.16. The summed E-state index contributed by atoms with van der Waals surface area (Å²) in [4.78, 5) is 11.0. The van der Waals surface area contributed by atoms with Crippen LogP contribution in [0.1, 0.15) is 16.1 Å². The van der Waals surface area contributed by atoms with Crippen LogP contribution >= 0.6 is 15.9 Å². The molecule has 0 bridgehead atoms. The lowest BCUT2D eigenvalue weighted by molar-refractivity contribution is 0.0996. The summed E-state index contributed by atoms with van der Waals surface area (Å²) in [5, 5.41) is 2.71. The van der Waals surface area contributed by atoms with E-state index in [9.17, 15) is 13.6 Å². The monoisotopic (exact) mass is 330 g/mol. The third-order valence-electron chi connectivity index (χ3n) is 2.45. The first-order valence-electron chi connectivity index (χ1n) is 5.23. The van der Waals surface area contributed by atoms with Crippen LogP contribution < -0.4 is 11.1 Å². The highest BCUT2D eigenvalue weighted by molar-refractivity contribution is 9.10. The van der Waals surface area contributed by atoms with Crippen molar-refractivity contribution in [3.8, 4) is 0 Å². The Bertz CT molecular complexity index is 628. The number of halogens is 3. The van der Waals surface area contributed by atoms with Gasteiger partial charge in [0.05, 0.1) is 28.5 Å². The number of nitrogens with one attached hydrogen (secondary N) is 1. The average molecular weight is 331 g/mol. The highest BCUT2D eigenvalue weighted by atomic mass is 79.9. The van der Waals surface area contributed by atoms with E-state index in [0.29, 0.717) is 11.8 Å². The smallest absolute Gasteiger partial charge is 0.251 e. The molecule has 1 aromatic carbocycles. The van der Waals surface area contributed by atoms with Crippen molar-refractivity contribution in [2.24, 2.45) is 5.73 Å². The molecule has 19 heavy (non-hydrogen) atoms. The first-order chi connectivity index (χ1) is 8.99. The maximum Gasteiger partial charge on any atom is 0.251 e. The summed E-state index contributed by atoms with van der Waals surface area (Å²) >= 11 is 3.25. The first-order valence-corrected chi connectivity index (χ1v) is 6.03. The van der Waals surface area contributed by atoms with Crippen LogP contribution in [0.5, 0.6) is 0 Å². The Labute approximate surface area is 115 Å². The molecule has 2 rings (SSSR count). The summed E-state index contributed by atoms with van der Waals surface area (Å²) in [5.74, 6) is -2.22. The highest BCUT2D eigenvalue weighted by Gasteiger charge is 2.14. The van der Waals surface area contributed by atoms with Gasteiger partial charge in [0.2, 0.25) is 0 Å². The molecular formula is C12H9BrF2N2O2. The zero-order valence-electron chi connectivity index (χ0n) is 9.54. The van der Waals surface area contributed by atoms with E-state index >= 15 is 0 Å². The lowest BCUT2D eigenvalue weighted by Crippen LogP contribution is -2.14. The normalized spacial score (nSPS) is 10.5. The number of nitrogens with two attached hydrogens (primary N) is 1. The van der Waals surface area contributed by atoms with Gasteiger partial charge in [0.15, 0.2) is 0 Å². The SMILES string of the molecule is NC(=O)c1cc(NCc2occc2Br)c(F)cc1F. The molecule has 4 nitrogen and oxygen atoms in total. The summed E-state index contributed by atoms with van der Waals surface area (Å²) in [5.41, 5.74) is 4.59. The predicted molar refractivity (Wildman–Crippen MR) is 68.6 cm³/mol. The molecule has 0 saturated heterocycles. The number of hydrogen-bond donors (Lipinski definition) is 2. The minimum absolute atomic E-state index is 0.0292. The van der Waals surface area contributed by atoms with Crippen LogP contribution in [0, 0.1) is 11.6 Å². The molecule has 0 saturated carbocycles. The number of rotatable bonds is 4. The van der Waals surface area contributed by atoms with Gasteiger partial charge < -0.3 is 15.5 Å². The number of primary amides is 1. The Balaban J connectivity index is 2.23. The van der Waals surface area contributed by atoms with E-state index in [1.807, 2.05) is 0 Å². The van der Waals surface area contributed by atoms with Crippen molar-refractivity contribution < 1.29 is 18.0 Å². The van der Waals surface area contributed by atoms with Crippen molar-refractivity contribution in [1.29, 1.82) is 0 Å². The second kappa shape index (κ2) is 5.40. The summed E-state index contributed by atoms with van der Waals surface area (Å²) in [6.07, 6.45) is 1.47. The lowest BCUT2D eigenvalue weighted by Gasteiger charge is -2.08. The molecule has 7 heteroatoms. The fourth-order valence-electron chi connectivity index (χ4n) is 1.50. The number of amides is 1. The van der Waals surface area contributed by atoms with Crippen LogP contribution in [0.4, 0.5) is 14.5 Å². The van der Waals surface area contributed by atoms with Gasteiger partial charge in [-0.15, -0.1) is 0 Å². The molecule has 0 aliphatic carbocycles. The van der Waals surface area contributed by atoms with Crippen molar-refractivity contribution in [3.63, 3.8) is 0 Å². The number of carbonyl (C=O) groups is 1. The van der Waals surface area contributed by atoms with Gasteiger partial charge in [-0.05, 0) is 28.1 Å². The molecule has 0 aliphatic rings. The third kappa shape index (κ3) is 2.93. The second-order valence-corrected chi connectivity index (χ2v) is 4.58. The van der Waals surface area contributed by atoms with Crippen LogP contribution in [-0.4, -0.2) is 5.91 Å². The topological polar surface area (TPSA) is 68.3 Å². The quantitative estimate of drug-likeness (QED) is 0.905. The van der Waals surface area contributed by atoms with Crippen LogP contribution in [0.25, 0.3) is 0 Å². The van der Waals surface area contributed by atoms with Crippen LogP contribution in [0.15, 0.2) is 33.4 Å². The van der Waals surface area contributed by atoms with E-state index in [2.05, 4.69) is 21.2 Å². The van der Waals surface area contributed by atoms with Gasteiger partial charge in [-0.2, -0.15) is 0 Å². The molecule has 0 aliphatic heterocycles. The average Bonchev–Trinajstić information content (AvgIpc) is 2.73. The lowest BCUT2D eigenvalue weighted by atomic mass is 10.1. The summed E-state index contributed by atoms with van der Waals surface area (Å²) < 4.78 is 32.6. The van der Waals surface area contributed by atoms with E-state index in [4.69, 9.17) is 10.2 Å². The molecular weight excluding hydrogens is 322 g/mol. The molecule has 0 spiro atoms. The van der Waals surface area contributed by atoms with Crippen LogP contribution in [-0.2, 0) is 6.54 Å². The van der Waals surface area contributed by atoms with E-state index in [1.54, 1.807) is 6.07 Å². The van der Waals surface area contributed by atoms with E-state index in [1.165, 1.54) is 6.26 Å². The van der Waals surface area contributed by atoms with Gasteiger partial charge in [-0.3, -0.25) is 4.79 Å². The Morgan fingerprint density at radius 1 is 1.37 bits per heavy atom. The van der Waals surface area contributed by atoms with Crippen LogP contribution in [0.3, 0.4) is 0 Å². The van der Waals surface area contributed by atoms with Crippen molar-refractivity contribution in [2.75, 3.05) is 5.32 Å². The predicted octanol–water partition coefficient (Wildman–Crippen LogP) is 3.03. The molecule has 0 radical (unpaired) electrons. The molecule has 3 N–H and O–H groups in total. The molecule has 0 atom stereocenters. The van der Waals surface area contributed by atoms with Crippen molar-refractivity contribution >= 4 is 27.5 Å². The molecule has 0 fully saturated rings. The maximum atomic E-state index is 13.5. The molecule has 100 valence electrons. The minimum atomic E-state index is -0.991. The number of carbonyl (C=O) groups excluding carboxylic acids is 1. The molecule has 0 unspecified atom stereocenters. The standard InChI is InChI=1S/C12H9BrF2N2O2/c13-7-1-2-19-11(7)5-17-10-3-6(12(16)18)8(14)4-9(10)15/h1-4,17H,5H2,(H2,16,18). The van der Waals surface area contributed by atoms with Crippen molar-refractivity contribution in [2.45, 2.75) is 6.54 Å². The molecule has 1 aromatic heterocycles. The Kier molecular flexibility index (Phi) is 3.84. The van der Waals surface area contributed by atoms with E-state index < -0.39 is 17.5 Å². The number of anilines is 1. The van der Waals surface area contributed by atoms with Gasteiger partial charge in [0.1, 0.15) is 17.4 Å². The number of benzene rings is 1. The second-order valence-electron chi connectivity index (χ2n) is 3.72.